The van der Waals surface area contributed by atoms with Gasteiger partial charge in [-0.25, -0.2) is 4.98 Å². The quantitative estimate of drug-likeness (QED) is 0.134. The minimum absolute atomic E-state index is 0.0348. The smallest absolute Gasteiger partial charge is 0.135 e. The van der Waals surface area contributed by atoms with E-state index in [2.05, 4.69) is 126 Å². The first kappa shape index (κ1) is 33.8. The van der Waals surface area contributed by atoms with Gasteiger partial charge in [-0.3, -0.25) is 4.57 Å². The maximum absolute atomic E-state index is 11.4. The van der Waals surface area contributed by atoms with Crippen molar-refractivity contribution in [3.05, 3.63) is 182 Å². The van der Waals surface area contributed by atoms with Crippen LogP contribution in [-0.4, -0.2) is 46.0 Å². The van der Waals surface area contributed by atoms with E-state index in [9.17, 15) is 5.11 Å². The van der Waals surface area contributed by atoms with E-state index < -0.39 is 10.6 Å². The molecule has 0 saturated heterocycles. The molecule has 0 bridgehead atoms. The number of aliphatic hydroxyl groups is 1. The standard InChI is InChI=1S/C47H30B4N2O/c48-46(54,47(49,50)51)45-52-40-22-9-11-24-42(40)53(45)41-23-10-8-17-35(41)31-25-27-32(28-26-31)43-36-18-4-6-20-38(36)44(39-21-7-5-19-37(39)43)34-16-12-15-33(29-34)30-13-2-1-3-14-30/h1-29,54H. The molecule has 1 unspecified atom stereocenters. The van der Waals surface area contributed by atoms with Gasteiger partial charge in [0.15, 0.2) is 0 Å². The van der Waals surface area contributed by atoms with E-state index in [1.165, 1.54) is 49.4 Å². The first-order valence-electron chi connectivity index (χ1n) is 17.9. The lowest BCUT2D eigenvalue weighted by atomic mass is 9.32. The lowest BCUT2D eigenvalue weighted by Gasteiger charge is -2.39. The molecule has 9 rings (SSSR count). The second-order valence-corrected chi connectivity index (χ2v) is 13.8. The highest BCUT2D eigenvalue weighted by Gasteiger charge is 2.39. The summed E-state index contributed by atoms with van der Waals surface area (Å²) < 4.78 is 1.78. The highest BCUT2D eigenvalue weighted by Crippen LogP contribution is 2.45. The molecule has 1 aromatic heterocycles. The van der Waals surface area contributed by atoms with Crippen LogP contribution in [0, 0.1) is 0 Å². The Hall–Kier alpha value is -6.03. The molecule has 1 atom stereocenters. The monoisotopic (exact) mass is 682 g/mol. The van der Waals surface area contributed by atoms with Crippen LogP contribution in [0.5, 0.6) is 0 Å². The fourth-order valence-corrected chi connectivity index (χ4v) is 7.68. The molecule has 0 spiro atoms. The van der Waals surface area contributed by atoms with Gasteiger partial charge in [0.1, 0.15) is 13.7 Å². The van der Waals surface area contributed by atoms with E-state index in [0.29, 0.717) is 5.52 Å². The first-order valence-corrected chi connectivity index (χ1v) is 17.9. The number of hydrogen-bond donors (Lipinski definition) is 1. The van der Waals surface area contributed by atoms with Crippen molar-refractivity contribution in [3.8, 4) is 50.2 Å². The summed E-state index contributed by atoms with van der Waals surface area (Å²) in [5, 5.41) is 14.0. The van der Waals surface area contributed by atoms with Gasteiger partial charge in [0.2, 0.25) is 0 Å². The van der Waals surface area contributed by atoms with E-state index in [-0.39, 0.29) is 5.82 Å². The van der Waals surface area contributed by atoms with Gasteiger partial charge in [0.05, 0.1) is 45.8 Å². The zero-order chi connectivity index (χ0) is 37.0. The van der Waals surface area contributed by atoms with Crippen LogP contribution < -0.4 is 0 Å². The summed E-state index contributed by atoms with van der Waals surface area (Å²) >= 11 is 0. The zero-order valence-corrected chi connectivity index (χ0v) is 29.4. The van der Waals surface area contributed by atoms with Crippen molar-refractivity contribution < 1.29 is 5.11 Å². The molecule has 0 amide bonds. The Morgan fingerprint density at radius 3 is 1.59 bits per heavy atom. The number of fused-ring (bicyclic) bond motifs is 3. The number of rotatable bonds is 7. The summed E-state index contributed by atoms with van der Waals surface area (Å²) in [7, 11) is 24.4. The SMILES string of the molecule is [B]C([B])([B])C([B])(O)c1nc2ccccc2n1-c1ccccc1-c1ccc(-c2c3ccccc3c(-c3cccc(-c4ccccc4)c3)c3ccccc23)cc1. The highest BCUT2D eigenvalue weighted by atomic mass is 16.3. The van der Waals surface area contributed by atoms with Crippen LogP contribution in [0.4, 0.5) is 0 Å². The average Bonchev–Trinajstić information content (AvgIpc) is 3.60. The van der Waals surface area contributed by atoms with Crippen molar-refractivity contribution in [2.24, 2.45) is 0 Å². The van der Waals surface area contributed by atoms with Crippen LogP contribution in [-0.2, 0) is 5.50 Å². The van der Waals surface area contributed by atoms with Gasteiger partial charge in [0.25, 0.3) is 0 Å². The summed E-state index contributed by atoms with van der Waals surface area (Å²) in [5.41, 5.74) is 8.59. The molecule has 246 valence electrons. The molecule has 0 aliphatic rings. The van der Waals surface area contributed by atoms with Gasteiger partial charge < -0.3 is 5.11 Å². The number of benzene rings is 8. The lowest BCUT2D eigenvalue weighted by molar-refractivity contribution is 0.118. The van der Waals surface area contributed by atoms with E-state index in [4.69, 9.17) is 31.4 Å². The van der Waals surface area contributed by atoms with Gasteiger partial charge in [-0.15, -0.1) is 5.11 Å². The maximum Gasteiger partial charge on any atom is 0.135 e. The van der Waals surface area contributed by atoms with Crippen LogP contribution in [0.1, 0.15) is 5.82 Å². The third-order valence-electron chi connectivity index (χ3n) is 10.4. The van der Waals surface area contributed by atoms with Gasteiger partial charge >= 0.3 is 0 Å². The summed E-state index contributed by atoms with van der Waals surface area (Å²) in [6.45, 7) is 0. The lowest BCUT2D eigenvalue weighted by Crippen LogP contribution is -2.44. The van der Waals surface area contributed by atoms with Gasteiger partial charge in [0, 0.05) is 5.56 Å². The van der Waals surface area contributed by atoms with Crippen LogP contribution in [0.15, 0.2) is 176 Å². The molecule has 1 heterocycles. The molecule has 8 radical (unpaired) electrons. The Kier molecular flexibility index (Phi) is 8.21. The minimum atomic E-state index is -2.36. The predicted molar refractivity (Wildman–Crippen MR) is 227 cm³/mol. The molecule has 1 N–H and O–H groups in total. The Balaban J connectivity index is 1.20. The Bertz CT molecular complexity index is 2780. The van der Waals surface area contributed by atoms with Crippen LogP contribution in [0.25, 0.3) is 82.8 Å². The number of nitrogens with zero attached hydrogens (tertiary/aromatic N) is 2. The Morgan fingerprint density at radius 1 is 0.444 bits per heavy atom. The van der Waals surface area contributed by atoms with Crippen molar-refractivity contribution in [2.45, 2.75) is 10.6 Å². The fraction of sp³-hybridized carbons (Fsp3) is 0.0426. The summed E-state index contributed by atoms with van der Waals surface area (Å²) in [6.07, 6.45) is 0. The number of aromatic nitrogens is 2. The first-order chi connectivity index (χ1) is 26.2. The Labute approximate surface area is 320 Å². The van der Waals surface area contributed by atoms with Crippen LogP contribution in [0.3, 0.4) is 0 Å². The van der Waals surface area contributed by atoms with Gasteiger partial charge in [-0.1, -0.05) is 152 Å². The zero-order valence-electron chi connectivity index (χ0n) is 29.4. The highest BCUT2D eigenvalue weighted by molar-refractivity contribution is 6.62. The van der Waals surface area contributed by atoms with Crippen molar-refractivity contribution in [2.75, 3.05) is 0 Å². The van der Waals surface area contributed by atoms with Crippen molar-refractivity contribution in [1.82, 2.24) is 9.55 Å². The third-order valence-corrected chi connectivity index (χ3v) is 10.4. The molecule has 8 aromatic carbocycles. The summed E-state index contributed by atoms with van der Waals surface area (Å²) in [5.74, 6) is 0.0348. The topological polar surface area (TPSA) is 38.1 Å². The molecule has 9 aromatic rings. The molecular weight excluding hydrogens is 652 g/mol. The minimum Gasteiger partial charge on any atom is -0.394 e. The predicted octanol–water partition coefficient (Wildman–Crippen LogP) is 9.89. The normalized spacial score (nSPS) is 13.0. The van der Waals surface area contributed by atoms with E-state index >= 15 is 0 Å². The second kappa shape index (κ2) is 13.1. The molecule has 7 heteroatoms. The molecule has 0 aliphatic heterocycles. The molecule has 0 fully saturated rings. The number of hydrogen-bond acceptors (Lipinski definition) is 2. The van der Waals surface area contributed by atoms with Crippen molar-refractivity contribution in [1.29, 1.82) is 0 Å². The maximum atomic E-state index is 11.4. The second-order valence-electron chi connectivity index (χ2n) is 13.8. The summed E-state index contributed by atoms with van der Waals surface area (Å²) in [6, 6.07) is 60.7. The molecule has 0 saturated carbocycles. The van der Waals surface area contributed by atoms with E-state index in [0.717, 1.165) is 27.9 Å². The van der Waals surface area contributed by atoms with Crippen LogP contribution in [0.2, 0.25) is 5.11 Å². The fourth-order valence-electron chi connectivity index (χ4n) is 7.68. The molecular formula is C47H30B4N2O. The van der Waals surface area contributed by atoms with Crippen molar-refractivity contribution in [3.63, 3.8) is 0 Å². The average molecular weight is 682 g/mol. The van der Waals surface area contributed by atoms with E-state index in [1.807, 2.05) is 54.6 Å². The Morgan fingerprint density at radius 2 is 0.944 bits per heavy atom. The van der Waals surface area contributed by atoms with Gasteiger partial charge in [-0.05, 0) is 84.8 Å². The molecule has 54 heavy (non-hydrogen) atoms. The van der Waals surface area contributed by atoms with E-state index in [1.54, 1.807) is 4.57 Å². The largest absolute Gasteiger partial charge is 0.394 e. The van der Waals surface area contributed by atoms with Gasteiger partial charge in [-0.2, -0.15) is 0 Å². The summed E-state index contributed by atoms with van der Waals surface area (Å²) in [4.78, 5) is 4.67. The van der Waals surface area contributed by atoms with Crippen molar-refractivity contribution >= 4 is 64.0 Å². The molecule has 0 aliphatic carbocycles. The number of imidazole rings is 1. The number of para-hydroxylation sites is 3. The van der Waals surface area contributed by atoms with Crippen LogP contribution >= 0.6 is 0 Å². The third kappa shape index (κ3) is 5.59. The molecule has 3 nitrogen and oxygen atoms in total.